The average molecular weight is 323 g/mol. The van der Waals surface area contributed by atoms with Crippen LogP contribution < -0.4 is 10.6 Å². The number of hydrogen-bond donors (Lipinski definition) is 3. The fraction of sp³-hybridized carbons (Fsp3) is 0.111. The molecule has 0 radical (unpaired) electrons. The first-order chi connectivity index (χ1) is 11.2. The van der Waals surface area contributed by atoms with Crippen molar-refractivity contribution in [3.8, 4) is 0 Å². The number of nitrogens with one attached hydrogen (secondary N) is 3. The Kier molecular flexibility index (Phi) is 4.68. The molecule has 3 aromatic rings. The third-order valence-electron chi connectivity index (χ3n) is 3.62. The van der Waals surface area contributed by atoms with Crippen LogP contribution in [0.4, 0.5) is 0 Å². The molecular weight excluding hydrogens is 306 g/mol. The predicted octanol–water partition coefficient (Wildman–Crippen LogP) is 3.01. The van der Waals surface area contributed by atoms with E-state index in [0.29, 0.717) is 17.2 Å². The summed E-state index contributed by atoms with van der Waals surface area (Å²) in [5.74, 6) is -0.199. The smallest absolute Gasteiger partial charge is 0.257 e. The first-order valence-corrected chi connectivity index (χ1v) is 7.84. The summed E-state index contributed by atoms with van der Waals surface area (Å²) in [6.45, 7) is 0.662. The molecule has 0 fully saturated rings. The van der Waals surface area contributed by atoms with Crippen molar-refractivity contribution < 1.29 is 4.79 Å². The van der Waals surface area contributed by atoms with Gasteiger partial charge in [-0.3, -0.25) is 10.1 Å². The number of fused-ring (bicyclic) bond motifs is 1. The SMILES string of the molecule is O=C(NC(=S)NCCc1c[nH]c2ccccc12)c1ccccc1. The molecule has 0 saturated carbocycles. The number of thiocarbonyl (C=S) groups is 1. The number of para-hydroxylation sites is 1. The van der Waals surface area contributed by atoms with Crippen molar-refractivity contribution in [2.24, 2.45) is 0 Å². The maximum atomic E-state index is 12.0. The minimum absolute atomic E-state index is 0.199. The van der Waals surface area contributed by atoms with Gasteiger partial charge in [0.05, 0.1) is 0 Å². The lowest BCUT2D eigenvalue weighted by Gasteiger charge is -2.09. The summed E-state index contributed by atoms with van der Waals surface area (Å²) in [5.41, 5.74) is 2.95. The number of carbonyl (C=O) groups is 1. The minimum Gasteiger partial charge on any atom is -0.362 e. The molecule has 116 valence electrons. The van der Waals surface area contributed by atoms with Gasteiger partial charge in [-0.1, -0.05) is 36.4 Å². The number of carbonyl (C=O) groups excluding carboxylic acids is 1. The van der Waals surface area contributed by atoms with Crippen molar-refractivity contribution >= 4 is 34.1 Å². The first-order valence-electron chi connectivity index (χ1n) is 7.43. The van der Waals surface area contributed by atoms with Crippen molar-refractivity contribution in [1.29, 1.82) is 0 Å². The molecule has 4 nitrogen and oxygen atoms in total. The van der Waals surface area contributed by atoms with Gasteiger partial charge in [0.15, 0.2) is 5.11 Å². The molecule has 0 bridgehead atoms. The molecule has 0 saturated heterocycles. The maximum absolute atomic E-state index is 12.0. The number of amides is 1. The summed E-state index contributed by atoms with van der Waals surface area (Å²) in [7, 11) is 0. The minimum atomic E-state index is -0.199. The molecular formula is C18H17N3OS. The van der Waals surface area contributed by atoms with Crippen molar-refractivity contribution in [1.82, 2.24) is 15.6 Å². The number of benzene rings is 2. The Morgan fingerprint density at radius 1 is 1.04 bits per heavy atom. The number of aromatic amines is 1. The summed E-state index contributed by atoms with van der Waals surface area (Å²) in [4.78, 5) is 15.2. The third-order valence-corrected chi connectivity index (χ3v) is 3.86. The predicted molar refractivity (Wildman–Crippen MR) is 96.5 cm³/mol. The number of H-pyrrole nitrogens is 1. The van der Waals surface area contributed by atoms with Crippen LogP contribution in [0, 0.1) is 0 Å². The molecule has 3 rings (SSSR count). The molecule has 0 unspecified atom stereocenters. The van der Waals surface area contributed by atoms with Gasteiger partial charge in [0.25, 0.3) is 5.91 Å². The lowest BCUT2D eigenvalue weighted by Crippen LogP contribution is -2.40. The van der Waals surface area contributed by atoms with E-state index in [1.165, 1.54) is 10.9 Å². The first kappa shape index (κ1) is 15.2. The van der Waals surface area contributed by atoms with E-state index in [2.05, 4.69) is 27.8 Å². The van der Waals surface area contributed by atoms with Crippen LogP contribution in [0.1, 0.15) is 15.9 Å². The summed E-state index contributed by atoms with van der Waals surface area (Å²) >= 11 is 5.17. The molecule has 0 spiro atoms. The van der Waals surface area contributed by atoms with Gasteiger partial charge in [-0.25, -0.2) is 0 Å². The van der Waals surface area contributed by atoms with Crippen LogP contribution in [0.5, 0.6) is 0 Å². The van der Waals surface area contributed by atoms with Gasteiger partial charge in [0.2, 0.25) is 0 Å². The lowest BCUT2D eigenvalue weighted by atomic mass is 10.1. The van der Waals surface area contributed by atoms with Crippen molar-refractivity contribution in [3.05, 3.63) is 71.9 Å². The van der Waals surface area contributed by atoms with E-state index in [0.717, 1.165) is 11.9 Å². The summed E-state index contributed by atoms with van der Waals surface area (Å²) < 4.78 is 0. The van der Waals surface area contributed by atoms with Crippen molar-refractivity contribution in [2.45, 2.75) is 6.42 Å². The fourth-order valence-electron chi connectivity index (χ4n) is 2.46. The van der Waals surface area contributed by atoms with Gasteiger partial charge >= 0.3 is 0 Å². The Bertz CT molecular complexity index is 826. The molecule has 1 heterocycles. The van der Waals surface area contributed by atoms with Crippen LogP contribution in [-0.4, -0.2) is 22.5 Å². The zero-order valence-electron chi connectivity index (χ0n) is 12.5. The average Bonchev–Trinajstić information content (AvgIpc) is 2.99. The van der Waals surface area contributed by atoms with Gasteiger partial charge < -0.3 is 10.3 Å². The highest BCUT2D eigenvalue weighted by molar-refractivity contribution is 7.80. The van der Waals surface area contributed by atoms with E-state index in [9.17, 15) is 4.79 Å². The molecule has 2 aromatic carbocycles. The van der Waals surface area contributed by atoms with Gasteiger partial charge in [-0.15, -0.1) is 0 Å². The second kappa shape index (κ2) is 7.07. The van der Waals surface area contributed by atoms with E-state index in [4.69, 9.17) is 12.2 Å². The molecule has 0 atom stereocenters. The van der Waals surface area contributed by atoms with Crippen LogP contribution in [0.3, 0.4) is 0 Å². The zero-order chi connectivity index (χ0) is 16.1. The van der Waals surface area contributed by atoms with E-state index < -0.39 is 0 Å². The van der Waals surface area contributed by atoms with Crippen LogP contribution >= 0.6 is 12.2 Å². The fourth-order valence-corrected chi connectivity index (χ4v) is 2.65. The van der Waals surface area contributed by atoms with Crippen LogP contribution in [0.25, 0.3) is 10.9 Å². The summed E-state index contributed by atoms with van der Waals surface area (Å²) in [6, 6.07) is 17.2. The standard InChI is InChI=1S/C18H17N3OS/c22-17(13-6-2-1-3-7-13)21-18(23)19-11-10-14-12-20-16-9-5-4-8-15(14)16/h1-9,12,20H,10-11H2,(H2,19,21,22,23). The van der Waals surface area contributed by atoms with Crippen LogP contribution in [-0.2, 0) is 6.42 Å². The van der Waals surface area contributed by atoms with Gasteiger partial charge in [-0.2, -0.15) is 0 Å². The van der Waals surface area contributed by atoms with Gasteiger partial charge in [0, 0.05) is 29.2 Å². The Hall–Kier alpha value is -2.66. The van der Waals surface area contributed by atoms with Gasteiger partial charge in [-0.05, 0) is 42.4 Å². The van der Waals surface area contributed by atoms with Crippen molar-refractivity contribution in [2.75, 3.05) is 6.54 Å². The van der Waals surface area contributed by atoms with Crippen molar-refractivity contribution in [3.63, 3.8) is 0 Å². The quantitative estimate of drug-likeness (QED) is 0.647. The topological polar surface area (TPSA) is 56.9 Å². The van der Waals surface area contributed by atoms with E-state index in [1.54, 1.807) is 12.1 Å². The van der Waals surface area contributed by atoms with Crippen LogP contribution in [0.2, 0.25) is 0 Å². The highest BCUT2D eigenvalue weighted by Crippen LogP contribution is 2.17. The summed E-state index contributed by atoms with van der Waals surface area (Å²) in [6.07, 6.45) is 2.84. The Morgan fingerprint density at radius 3 is 2.61 bits per heavy atom. The zero-order valence-corrected chi connectivity index (χ0v) is 13.3. The molecule has 3 N–H and O–H groups in total. The monoisotopic (exact) mass is 323 g/mol. The summed E-state index contributed by atoms with van der Waals surface area (Å²) in [5, 5.41) is 7.32. The maximum Gasteiger partial charge on any atom is 0.257 e. The molecule has 0 aliphatic carbocycles. The van der Waals surface area contributed by atoms with E-state index in [-0.39, 0.29) is 5.91 Å². The molecule has 23 heavy (non-hydrogen) atoms. The largest absolute Gasteiger partial charge is 0.362 e. The molecule has 1 aromatic heterocycles. The highest BCUT2D eigenvalue weighted by atomic mass is 32.1. The Balaban J connectivity index is 1.51. The van der Waals surface area contributed by atoms with E-state index in [1.807, 2.05) is 36.5 Å². The molecule has 1 amide bonds. The Labute approximate surface area is 139 Å². The second-order valence-corrected chi connectivity index (χ2v) is 5.59. The lowest BCUT2D eigenvalue weighted by molar-refractivity contribution is 0.0976. The molecule has 5 heteroatoms. The van der Waals surface area contributed by atoms with Gasteiger partial charge in [0.1, 0.15) is 0 Å². The third kappa shape index (κ3) is 3.76. The second-order valence-electron chi connectivity index (χ2n) is 5.19. The Morgan fingerprint density at radius 2 is 1.78 bits per heavy atom. The normalized spacial score (nSPS) is 10.4. The van der Waals surface area contributed by atoms with E-state index >= 15 is 0 Å². The molecule has 0 aliphatic rings. The highest BCUT2D eigenvalue weighted by Gasteiger charge is 2.07. The number of aromatic nitrogens is 1. The molecule has 0 aliphatic heterocycles. The van der Waals surface area contributed by atoms with Crippen LogP contribution in [0.15, 0.2) is 60.8 Å². The number of rotatable bonds is 4. The number of hydrogen-bond acceptors (Lipinski definition) is 2.